The van der Waals surface area contributed by atoms with Crippen LogP contribution in [0.4, 0.5) is 0 Å². The minimum absolute atomic E-state index is 0.248. The van der Waals surface area contributed by atoms with Crippen LogP contribution in [-0.4, -0.2) is 14.5 Å². The number of rotatable bonds is 3. The van der Waals surface area contributed by atoms with Crippen molar-refractivity contribution in [2.45, 2.75) is 75.7 Å². The van der Waals surface area contributed by atoms with Gasteiger partial charge in [0, 0.05) is 0 Å². The first kappa shape index (κ1) is 18.2. The third-order valence-electron chi connectivity index (χ3n) is 4.28. The van der Waals surface area contributed by atoms with Crippen LogP contribution in [0.25, 0.3) is 0 Å². The lowest BCUT2D eigenvalue weighted by molar-refractivity contribution is 0.197. The van der Waals surface area contributed by atoms with Gasteiger partial charge in [-0.05, 0) is 44.7 Å². The number of hydrogen-bond acceptors (Lipinski definition) is 3. The van der Waals surface area contributed by atoms with E-state index >= 15 is 0 Å². The van der Waals surface area contributed by atoms with Crippen molar-refractivity contribution >= 4 is 10.1 Å². The van der Waals surface area contributed by atoms with Gasteiger partial charge in [0.25, 0.3) is 10.1 Å². The molecule has 2 rings (SSSR count). The Bertz CT molecular complexity index is 588. The van der Waals surface area contributed by atoms with E-state index in [0.717, 1.165) is 31.2 Å². The molecule has 0 amide bonds. The Balaban J connectivity index is 2.02. The molecule has 1 aliphatic carbocycles. The van der Waals surface area contributed by atoms with Crippen molar-refractivity contribution in [1.82, 2.24) is 0 Å². The van der Waals surface area contributed by atoms with Gasteiger partial charge in [-0.15, -0.1) is 0 Å². The summed E-state index contributed by atoms with van der Waals surface area (Å²) in [6.07, 6.45) is 13.8. The van der Waals surface area contributed by atoms with Gasteiger partial charge in [0.05, 0.1) is 11.0 Å². The smallest absolute Gasteiger partial charge is 0.263 e. The fraction of sp³-hybridized carbons (Fsp3) is 0.579. The van der Waals surface area contributed by atoms with Crippen LogP contribution < -0.4 is 0 Å². The van der Waals surface area contributed by atoms with E-state index in [9.17, 15) is 8.42 Å². The predicted octanol–water partition coefficient (Wildman–Crippen LogP) is 5.15. The van der Waals surface area contributed by atoms with Crippen LogP contribution in [-0.2, 0) is 14.3 Å². The zero-order valence-corrected chi connectivity index (χ0v) is 14.9. The summed E-state index contributed by atoms with van der Waals surface area (Å²) in [5.41, 5.74) is 1.04. The molecule has 1 atom stereocenters. The predicted molar refractivity (Wildman–Crippen MR) is 93.9 cm³/mol. The van der Waals surface area contributed by atoms with Crippen molar-refractivity contribution in [3.8, 4) is 0 Å². The Labute approximate surface area is 140 Å². The van der Waals surface area contributed by atoms with Gasteiger partial charge in [0.2, 0.25) is 0 Å². The monoisotopic (exact) mass is 336 g/mol. The fourth-order valence-corrected chi connectivity index (χ4v) is 3.97. The number of benzene rings is 1. The molecule has 0 bridgehead atoms. The highest BCUT2D eigenvalue weighted by molar-refractivity contribution is 7.86. The first-order chi connectivity index (χ1) is 11.1. The van der Waals surface area contributed by atoms with Crippen LogP contribution in [0.5, 0.6) is 0 Å². The molecule has 4 heteroatoms. The van der Waals surface area contributed by atoms with Crippen LogP contribution in [0.15, 0.2) is 41.3 Å². The maximum Gasteiger partial charge on any atom is 0.297 e. The van der Waals surface area contributed by atoms with Crippen LogP contribution in [0.2, 0.25) is 0 Å². The molecular weight excluding hydrogens is 308 g/mol. The summed E-state index contributed by atoms with van der Waals surface area (Å²) in [7, 11) is -3.68. The third kappa shape index (κ3) is 6.48. The molecule has 0 fully saturated rings. The number of allylic oxidation sites excluding steroid dienone is 1. The van der Waals surface area contributed by atoms with Crippen molar-refractivity contribution in [2.75, 3.05) is 0 Å². The van der Waals surface area contributed by atoms with E-state index in [1.165, 1.54) is 25.7 Å². The summed E-state index contributed by atoms with van der Waals surface area (Å²) in [6, 6.07) is 6.85. The van der Waals surface area contributed by atoms with E-state index in [2.05, 4.69) is 12.2 Å². The Morgan fingerprint density at radius 1 is 0.913 bits per heavy atom. The molecule has 0 saturated heterocycles. The highest BCUT2D eigenvalue weighted by atomic mass is 32.2. The van der Waals surface area contributed by atoms with Gasteiger partial charge in [0.1, 0.15) is 0 Å². The van der Waals surface area contributed by atoms with Gasteiger partial charge in [0.15, 0.2) is 0 Å². The summed E-state index contributed by atoms with van der Waals surface area (Å²) >= 11 is 0. The van der Waals surface area contributed by atoms with Gasteiger partial charge in [-0.3, -0.25) is 4.18 Å². The normalized spacial score (nSPS) is 22.7. The highest BCUT2D eigenvalue weighted by Gasteiger charge is 2.21. The minimum atomic E-state index is -3.68. The maximum atomic E-state index is 12.4. The summed E-state index contributed by atoms with van der Waals surface area (Å²) in [6.45, 7) is 1.94. The average Bonchev–Trinajstić information content (AvgIpc) is 2.50. The molecule has 23 heavy (non-hydrogen) atoms. The number of aryl methyl sites for hydroxylation is 1. The molecule has 1 unspecified atom stereocenters. The summed E-state index contributed by atoms with van der Waals surface area (Å²) in [5, 5.41) is 0. The topological polar surface area (TPSA) is 43.4 Å². The molecule has 0 radical (unpaired) electrons. The lowest BCUT2D eigenvalue weighted by atomic mass is 10.0. The molecule has 0 heterocycles. The van der Waals surface area contributed by atoms with Crippen LogP contribution in [0, 0.1) is 6.92 Å². The SMILES string of the molecule is Cc1ccc(S(=O)(=O)OC2C/C=C\CCCCCCCC2)cc1. The van der Waals surface area contributed by atoms with Gasteiger partial charge < -0.3 is 0 Å². The fourth-order valence-electron chi connectivity index (χ4n) is 2.85. The highest BCUT2D eigenvalue weighted by Crippen LogP contribution is 2.21. The first-order valence-electron chi connectivity index (χ1n) is 8.73. The van der Waals surface area contributed by atoms with Gasteiger partial charge >= 0.3 is 0 Å². The molecule has 1 aromatic rings. The zero-order chi connectivity index (χ0) is 16.5. The second-order valence-corrected chi connectivity index (χ2v) is 7.96. The van der Waals surface area contributed by atoms with Crippen molar-refractivity contribution < 1.29 is 12.6 Å². The number of hydrogen-bond donors (Lipinski definition) is 0. The molecule has 0 N–H and O–H groups in total. The van der Waals surface area contributed by atoms with Crippen molar-refractivity contribution in [3.05, 3.63) is 42.0 Å². The van der Waals surface area contributed by atoms with Crippen LogP contribution in [0.3, 0.4) is 0 Å². The lowest BCUT2D eigenvalue weighted by Gasteiger charge is -2.17. The van der Waals surface area contributed by atoms with Crippen LogP contribution >= 0.6 is 0 Å². The van der Waals surface area contributed by atoms with Crippen LogP contribution in [0.1, 0.15) is 63.4 Å². The van der Waals surface area contributed by atoms with Gasteiger partial charge in [-0.25, -0.2) is 0 Å². The largest absolute Gasteiger partial charge is 0.297 e. The molecule has 3 nitrogen and oxygen atoms in total. The molecular formula is C19H28O3S. The average molecular weight is 336 g/mol. The summed E-state index contributed by atoms with van der Waals surface area (Å²) in [4.78, 5) is 0.248. The van der Waals surface area contributed by atoms with Gasteiger partial charge in [-0.2, -0.15) is 8.42 Å². The minimum Gasteiger partial charge on any atom is -0.263 e. The quantitative estimate of drug-likeness (QED) is 0.566. The molecule has 1 aliphatic rings. The second kappa shape index (κ2) is 9.24. The molecule has 0 aliphatic heterocycles. The molecule has 1 aromatic carbocycles. The summed E-state index contributed by atoms with van der Waals surface area (Å²) in [5.74, 6) is 0. The van der Waals surface area contributed by atoms with E-state index < -0.39 is 10.1 Å². The molecule has 0 saturated carbocycles. The summed E-state index contributed by atoms with van der Waals surface area (Å²) < 4.78 is 30.4. The van der Waals surface area contributed by atoms with E-state index in [1.54, 1.807) is 24.3 Å². The maximum absolute atomic E-state index is 12.4. The van der Waals surface area contributed by atoms with Crippen molar-refractivity contribution in [2.24, 2.45) is 0 Å². The van der Waals surface area contributed by atoms with E-state index in [-0.39, 0.29) is 11.0 Å². The Morgan fingerprint density at radius 2 is 1.57 bits per heavy atom. The molecule has 0 spiro atoms. The Morgan fingerprint density at radius 3 is 2.30 bits per heavy atom. The van der Waals surface area contributed by atoms with Gasteiger partial charge in [-0.1, -0.05) is 62.0 Å². The zero-order valence-electron chi connectivity index (χ0n) is 14.0. The standard InChI is InChI=1S/C19H28O3S/c1-17-13-15-19(16-14-17)23(20,21)22-18-11-9-7-5-3-2-4-6-8-10-12-18/h7,9,13-16,18H,2-6,8,10-12H2,1H3/b9-7-. The third-order valence-corrected chi connectivity index (χ3v) is 5.66. The lowest BCUT2D eigenvalue weighted by Crippen LogP contribution is -2.18. The van der Waals surface area contributed by atoms with E-state index in [4.69, 9.17) is 4.18 Å². The first-order valence-corrected chi connectivity index (χ1v) is 10.1. The Hall–Kier alpha value is -1.13. The van der Waals surface area contributed by atoms with E-state index in [0.29, 0.717) is 6.42 Å². The second-order valence-electron chi connectivity index (χ2n) is 6.39. The Kier molecular flexibility index (Phi) is 7.31. The van der Waals surface area contributed by atoms with Crippen molar-refractivity contribution in [1.29, 1.82) is 0 Å². The van der Waals surface area contributed by atoms with Crippen molar-refractivity contribution in [3.63, 3.8) is 0 Å². The molecule has 0 aromatic heterocycles. The van der Waals surface area contributed by atoms with E-state index in [1.807, 2.05) is 6.92 Å². The molecule has 128 valence electrons.